The molecule has 1 amide bonds. The van der Waals surface area contributed by atoms with Crippen molar-refractivity contribution < 1.29 is 24.2 Å². The van der Waals surface area contributed by atoms with E-state index >= 15 is 0 Å². The number of nitrogens with zero attached hydrogens (tertiary/aromatic N) is 1. The molecule has 1 N–H and O–H groups in total. The van der Waals surface area contributed by atoms with Gasteiger partial charge >= 0.3 is 5.97 Å². The number of ether oxygens (including phenoxy) is 2. The number of amides is 1. The molecule has 1 aromatic carbocycles. The molecule has 0 spiro atoms. The molecule has 144 valence electrons. The lowest BCUT2D eigenvalue weighted by Gasteiger charge is -2.34. The Morgan fingerprint density at radius 3 is 2.62 bits per heavy atom. The second kappa shape index (κ2) is 9.46. The van der Waals surface area contributed by atoms with Crippen molar-refractivity contribution in [3.63, 3.8) is 0 Å². The van der Waals surface area contributed by atoms with Gasteiger partial charge in [0.25, 0.3) is 5.91 Å². The number of carboxylic acids is 1. The highest BCUT2D eigenvalue weighted by molar-refractivity contribution is 5.95. The first kappa shape index (κ1) is 20.1. The fraction of sp³-hybridized carbons (Fsp3) is 0.600. The van der Waals surface area contributed by atoms with Gasteiger partial charge in [0.05, 0.1) is 19.1 Å². The summed E-state index contributed by atoms with van der Waals surface area (Å²) < 4.78 is 11.4. The van der Waals surface area contributed by atoms with E-state index in [9.17, 15) is 14.7 Å². The summed E-state index contributed by atoms with van der Waals surface area (Å²) in [4.78, 5) is 25.9. The Morgan fingerprint density at radius 2 is 1.96 bits per heavy atom. The van der Waals surface area contributed by atoms with E-state index in [1.807, 2.05) is 13.8 Å². The van der Waals surface area contributed by atoms with Gasteiger partial charge in [-0.25, -0.2) is 0 Å². The standard InChI is InChI=1S/C20H29NO5/c1-4-6-9-26-17-8-7-15(11-18(17)25-5-2)19(22)21-12-14(3)10-16(13-21)20(23)24/h7-8,11,14,16H,4-6,9-10,12-13H2,1-3H3,(H,23,24). The average molecular weight is 363 g/mol. The number of likely N-dealkylation sites (tertiary alicyclic amines) is 1. The molecule has 6 heteroatoms. The zero-order valence-electron chi connectivity index (χ0n) is 15.9. The number of rotatable bonds is 8. The second-order valence-electron chi connectivity index (χ2n) is 6.88. The highest BCUT2D eigenvalue weighted by Gasteiger charge is 2.32. The summed E-state index contributed by atoms with van der Waals surface area (Å²) in [6, 6.07) is 5.18. The molecule has 2 unspecified atom stereocenters. The van der Waals surface area contributed by atoms with Crippen LogP contribution in [0.1, 0.15) is 50.4 Å². The molecule has 2 rings (SSSR count). The van der Waals surface area contributed by atoms with Crippen LogP contribution in [0, 0.1) is 11.8 Å². The normalized spacial score (nSPS) is 19.9. The minimum absolute atomic E-state index is 0.163. The molecule has 1 aliphatic rings. The molecular formula is C20H29NO5. The predicted octanol–water partition coefficient (Wildman–Crippen LogP) is 3.45. The highest BCUT2D eigenvalue weighted by atomic mass is 16.5. The summed E-state index contributed by atoms with van der Waals surface area (Å²) in [5, 5.41) is 9.30. The van der Waals surface area contributed by atoms with Crippen LogP contribution in [0.25, 0.3) is 0 Å². The molecular weight excluding hydrogens is 334 g/mol. The van der Waals surface area contributed by atoms with E-state index in [1.54, 1.807) is 23.1 Å². The Kier molecular flexibility index (Phi) is 7.30. The number of carboxylic acid groups (broad SMARTS) is 1. The Labute approximate surface area is 155 Å². The zero-order valence-corrected chi connectivity index (χ0v) is 15.9. The molecule has 26 heavy (non-hydrogen) atoms. The minimum Gasteiger partial charge on any atom is -0.490 e. The summed E-state index contributed by atoms with van der Waals surface area (Å²) in [6.45, 7) is 7.86. The van der Waals surface area contributed by atoms with Gasteiger partial charge in [0.1, 0.15) is 0 Å². The topological polar surface area (TPSA) is 76.1 Å². The van der Waals surface area contributed by atoms with E-state index in [0.29, 0.717) is 43.2 Å². The van der Waals surface area contributed by atoms with Crippen molar-refractivity contribution in [1.82, 2.24) is 4.90 Å². The molecule has 1 aliphatic heterocycles. The second-order valence-corrected chi connectivity index (χ2v) is 6.88. The van der Waals surface area contributed by atoms with Crippen LogP contribution >= 0.6 is 0 Å². The van der Waals surface area contributed by atoms with Gasteiger partial charge < -0.3 is 19.5 Å². The van der Waals surface area contributed by atoms with E-state index < -0.39 is 11.9 Å². The van der Waals surface area contributed by atoms with Crippen molar-refractivity contribution in [3.8, 4) is 11.5 Å². The van der Waals surface area contributed by atoms with Gasteiger partial charge in [0.2, 0.25) is 0 Å². The third-order valence-corrected chi connectivity index (χ3v) is 4.54. The third-order valence-electron chi connectivity index (χ3n) is 4.54. The van der Waals surface area contributed by atoms with E-state index in [0.717, 1.165) is 12.8 Å². The lowest BCUT2D eigenvalue weighted by atomic mass is 9.90. The molecule has 2 atom stereocenters. The fourth-order valence-corrected chi connectivity index (χ4v) is 3.23. The Balaban J connectivity index is 2.17. The Morgan fingerprint density at radius 1 is 1.19 bits per heavy atom. The Hall–Kier alpha value is -2.24. The van der Waals surface area contributed by atoms with Crippen molar-refractivity contribution in [2.75, 3.05) is 26.3 Å². The van der Waals surface area contributed by atoms with Crippen molar-refractivity contribution in [2.45, 2.75) is 40.0 Å². The summed E-state index contributed by atoms with van der Waals surface area (Å²) in [7, 11) is 0. The maximum absolute atomic E-state index is 12.9. The van der Waals surface area contributed by atoms with Crippen molar-refractivity contribution >= 4 is 11.9 Å². The van der Waals surface area contributed by atoms with Crippen LogP contribution in [0.2, 0.25) is 0 Å². The number of piperidine rings is 1. The van der Waals surface area contributed by atoms with Crippen LogP contribution < -0.4 is 9.47 Å². The highest BCUT2D eigenvalue weighted by Crippen LogP contribution is 2.30. The number of carbonyl (C=O) groups excluding carboxylic acids is 1. The Bertz CT molecular complexity index is 631. The van der Waals surface area contributed by atoms with Gasteiger partial charge in [-0.15, -0.1) is 0 Å². The van der Waals surface area contributed by atoms with Crippen LogP contribution in [0.3, 0.4) is 0 Å². The van der Waals surface area contributed by atoms with Gasteiger partial charge in [0.15, 0.2) is 11.5 Å². The molecule has 6 nitrogen and oxygen atoms in total. The lowest BCUT2D eigenvalue weighted by Crippen LogP contribution is -2.45. The van der Waals surface area contributed by atoms with Gasteiger partial charge in [-0.2, -0.15) is 0 Å². The molecule has 1 aromatic rings. The summed E-state index contributed by atoms with van der Waals surface area (Å²) in [6.07, 6.45) is 2.60. The molecule has 1 heterocycles. The zero-order chi connectivity index (χ0) is 19.1. The van der Waals surface area contributed by atoms with E-state index in [2.05, 4.69) is 6.92 Å². The maximum atomic E-state index is 12.9. The van der Waals surface area contributed by atoms with Crippen LogP contribution in [0.4, 0.5) is 0 Å². The number of hydrogen-bond donors (Lipinski definition) is 1. The number of unbranched alkanes of at least 4 members (excludes halogenated alkanes) is 1. The first-order valence-corrected chi connectivity index (χ1v) is 9.37. The van der Waals surface area contributed by atoms with Gasteiger partial charge in [0, 0.05) is 18.7 Å². The molecule has 1 fully saturated rings. The van der Waals surface area contributed by atoms with Gasteiger partial charge in [-0.1, -0.05) is 20.3 Å². The first-order valence-electron chi connectivity index (χ1n) is 9.37. The maximum Gasteiger partial charge on any atom is 0.308 e. The fourth-order valence-electron chi connectivity index (χ4n) is 3.23. The number of hydrogen-bond acceptors (Lipinski definition) is 4. The van der Waals surface area contributed by atoms with Gasteiger partial charge in [-0.3, -0.25) is 9.59 Å². The largest absolute Gasteiger partial charge is 0.490 e. The summed E-state index contributed by atoms with van der Waals surface area (Å²) >= 11 is 0. The van der Waals surface area contributed by atoms with Crippen molar-refractivity contribution in [3.05, 3.63) is 23.8 Å². The predicted molar refractivity (Wildman–Crippen MR) is 98.8 cm³/mol. The SMILES string of the molecule is CCCCOc1ccc(C(=O)N2CC(C)CC(C(=O)O)C2)cc1OCC. The minimum atomic E-state index is -0.843. The molecule has 0 saturated carbocycles. The number of aliphatic carboxylic acids is 1. The van der Waals surface area contributed by atoms with Crippen LogP contribution in [-0.2, 0) is 4.79 Å². The molecule has 0 aliphatic carbocycles. The van der Waals surface area contributed by atoms with E-state index in [-0.39, 0.29) is 18.4 Å². The summed E-state index contributed by atoms with van der Waals surface area (Å²) in [5.41, 5.74) is 0.495. The van der Waals surface area contributed by atoms with Crippen LogP contribution in [0.5, 0.6) is 11.5 Å². The lowest BCUT2D eigenvalue weighted by molar-refractivity contribution is -0.143. The first-order chi connectivity index (χ1) is 12.5. The molecule has 1 saturated heterocycles. The van der Waals surface area contributed by atoms with E-state index in [1.165, 1.54) is 0 Å². The van der Waals surface area contributed by atoms with Gasteiger partial charge in [-0.05, 0) is 43.9 Å². The van der Waals surface area contributed by atoms with E-state index in [4.69, 9.17) is 9.47 Å². The smallest absolute Gasteiger partial charge is 0.308 e. The van der Waals surface area contributed by atoms with Crippen molar-refractivity contribution in [1.29, 1.82) is 0 Å². The quantitative estimate of drug-likeness (QED) is 0.716. The number of benzene rings is 1. The molecule has 0 aromatic heterocycles. The van der Waals surface area contributed by atoms with Crippen LogP contribution in [0.15, 0.2) is 18.2 Å². The summed E-state index contributed by atoms with van der Waals surface area (Å²) in [5.74, 6) is -0.169. The third kappa shape index (κ3) is 5.13. The molecule has 0 radical (unpaired) electrons. The average Bonchev–Trinajstić information content (AvgIpc) is 2.62. The molecule has 0 bridgehead atoms. The van der Waals surface area contributed by atoms with Crippen LogP contribution in [-0.4, -0.2) is 48.2 Å². The monoisotopic (exact) mass is 363 g/mol. The number of carbonyl (C=O) groups is 2. The van der Waals surface area contributed by atoms with Crippen molar-refractivity contribution in [2.24, 2.45) is 11.8 Å².